The maximum absolute atomic E-state index is 12.9. The summed E-state index contributed by atoms with van der Waals surface area (Å²) >= 11 is 0.863. The van der Waals surface area contributed by atoms with Gasteiger partial charge in [-0.05, 0) is 49.4 Å². The molecule has 25 heavy (non-hydrogen) atoms. The predicted octanol–water partition coefficient (Wildman–Crippen LogP) is 3.88. The highest BCUT2D eigenvalue weighted by Gasteiger charge is 2.45. The molecule has 128 valence electrons. The lowest BCUT2D eigenvalue weighted by Gasteiger charge is -2.27. The Morgan fingerprint density at radius 1 is 1.04 bits per heavy atom. The van der Waals surface area contributed by atoms with Gasteiger partial charge in [-0.1, -0.05) is 35.9 Å². The number of para-hydroxylation sites is 1. The monoisotopic (exact) mass is 354 g/mol. The van der Waals surface area contributed by atoms with Crippen molar-refractivity contribution in [2.75, 3.05) is 9.80 Å². The van der Waals surface area contributed by atoms with Crippen LogP contribution in [0, 0.1) is 13.8 Å². The lowest BCUT2D eigenvalue weighted by atomic mass is 10.1. The summed E-state index contributed by atoms with van der Waals surface area (Å²) in [6.07, 6.45) is 0. The third kappa shape index (κ3) is 3.17. The SMILES string of the molecule is CC(=O)N(c1ccccc1C)[C@@H]1SC(=O)N(c2ccc(C)cc2)C1=O. The summed E-state index contributed by atoms with van der Waals surface area (Å²) in [6, 6.07) is 14.5. The summed E-state index contributed by atoms with van der Waals surface area (Å²) in [6.45, 7) is 5.21. The van der Waals surface area contributed by atoms with Crippen LogP contribution in [0.25, 0.3) is 0 Å². The fourth-order valence-corrected chi connectivity index (χ4v) is 3.85. The standard InChI is InChI=1S/C19H18N2O3S/c1-12-8-10-15(11-9-12)21-17(23)18(25-19(21)24)20(14(3)22)16-7-5-4-6-13(16)2/h4-11,18H,1-3H3/t18-/m1/s1. The van der Waals surface area contributed by atoms with Gasteiger partial charge in [-0.15, -0.1) is 0 Å². The van der Waals surface area contributed by atoms with Gasteiger partial charge in [0.2, 0.25) is 5.91 Å². The molecule has 1 atom stereocenters. The molecule has 0 bridgehead atoms. The quantitative estimate of drug-likeness (QED) is 0.839. The minimum atomic E-state index is -0.896. The Bertz CT molecular complexity index is 848. The van der Waals surface area contributed by atoms with E-state index in [1.165, 1.54) is 11.8 Å². The van der Waals surface area contributed by atoms with Gasteiger partial charge in [0.1, 0.15) is 0 Å². The van der Waals surface area contributed by atoms with E-state index < -0.39 is 11.3 Å². The summed E-state index contributed by atoms with van der Waals surface area (Å²) < 4.78 is 0. The predicted molar refractivity (Wildman–Crippen MR) is 99.8 cm³/mol. The zero-order valence-electron chi connectivity index (χ0n) is 14.2. The molecule has 3 rings (SSSR count). The number of hydrogen-bond acceptors (Lipinski definition) is 4. The highest BCUT2D eigenvalue weighted by atomic mass is 32.2. The lowest BCUT2D eigenvalue weighted by Crippen LogP contribution is -2.44. The summed E-state index contributed by atoms with van der Waals surface area (Å²) in [4.78, 5) is 40.2. The van der Waals surface area contributed by atoms with Crippen molar-refractivity contribution in [3.05, 3.63) is 59.7 Å². The molecule has 1 fully saturated rings. The molecule has 2 aromatic carbocycles. The van der Waals surface area contributed by atoms with Crippen LogP contribution >= 0.6 is 11.8 Å². The van der Waals surface area contributed by atoms with Crippen molar-refractivity contribution in [3.8, 4) is 0 Å². The zero-order valence-corrected chi connectivity index (χ0v) is 15.0. The van der Waals surface area contributed by atoms with E-state index in [4.69, 9.17) is 0 Å². The normalized spacial score (nSPS) is 17.1. The molecule has 0 saturated carbocycles. The van der Waals surface area contributed by atoms with Gasteiger partial charge in [-0.2, -0.15) is 0 Å². The van der Waals surface area contributed by atoms with Crippen molar-refractivity contribution in [2.24, 2.45) is 0 Å². The lowest BCUT2D eigenvalue weighted by molar-refractivity contribution is -0.121. The Morgan fingerprint density at radius 3 is 2.28 bits per heavy atom. The summed E-state index contributed by atoms with van der Waals surface area (Å²) in [5.41, 5.74) is 3.06. The zero-order chi connectivity index (χ0) is 18.1. The largest absolute Gasteiger partial charge is 0.295 e. The van der Waals surface area contributed by atoms with Crippen LogP contribution < -0.4 is 9.80 Å². The molecule has 2 aromatic rings. The van der Waals surface area contributed by atoms with Crippen LogP contribution in [0.4, 0.5) is 16.2 Å². The fraction of sp³-hybridized carbons (Fsp3) is 0.211. The second kappa shape index (κ2) is 6.72. The molecule has 6 heteroatoms. The second-order valence-electron chi connectivity index (χ2n) is 5.92. The van der Waals surface area contributed by atoms with Gasteiger partial charge in [0.15, 0.2) is 5.37 Å². The Morgan fingerprint density at radius 2 is 1.68 bits per heavy atom. The van der Waals surface area contributed by atoms with Crippen molar-refractivity contribution >= 4 is 40.2 Å². The molecule has 3 amide bonds. The first-order chi connectivity index (χ1) is 11.9. The van der Waals surface area contributed by atoms with E-state index in [2.05, 4.69) is 0 Å². The topological polar surface area (TPSA) is 57.7 Å². The van der Waals surface area contributed by atoms with Crippen molar-refractivity contribution < 1.29 is 14.4 Å². The second-order valence-corrected chi connectivity index (χ2v) is 6.95. The molecule has 0 N–H and O–H groups in total. The van der Waals surface area contributed by atoms with Gasteiger partial charge >= 0.3 is 0 Å². The maximum Gasteiger partial charge on any atom is 0.295 e. The van der Waals surface area contributed by atoms with Gasteiger partial charge in [0.25, 0.3) is 11.1 Å². The first-order valence-electron chi connectivity index (χ1n) is 7.87. The number of anilines is 2. The first-order valence-corrected chi connectivity index (χ1v) is 8.75. The van der Waals surface area contributed by atoms with Gasteiger partial charge in [-0.3, -0.25) is 19.3 Å². The number of carbonyl (C=O) groups excluding carboxylic acids is 3. The summed E-state index contributed by atoms with van der Waals surface area (Å²) in [5, 5.41) is -1.27. The van der Waals surface area contributed by atoms with Crippen molar-refractivity contribution in [1.82, 2.24) is 0 Å². The number of amides is 3. The van der Waals surface area contributed by atoms with E-state index in [9.17, 15) is 14.4 Å². The Kier molecular flexibility index (Phi) is 4.63. The average Bonchev–Trinajstić information content (AvgIpc) is 2.85. The van der Waals surface area contributed by atoms with Crippen LogP contribution in [-0.2, 0) is 9.59 Å². The molecule has 0 unspecified atom stereocenters. The summed E-state index contributed by atoms with van der Waals surface area (Å²) in [5.74, 6) is -0.684. The number of aryl methyl sites for hydroxylation is 2. The molecule has 5 nitrogen and oxygen atoms in total. The molecule has 1 heterocycles. The molecule has 0 radical (unpaired) electrons. The number of imide groups is 1. The number of hydrogen-bond donors (Lipinski definition) is 0. The van der Waals surface area contributed by atoms with Gasteiger partial charge < -0.3 is 0 Å². The molecule has 1 aliphatic heterocycles. The number of nitrogens with zero attached hydrogens (tertiary/aromatic N) is 2. The molecule has 1 saturated heterocycles. The van der Waals surface area contributed by atoms with E-state index in [1.54, 1.807) is 18.2 Å². The number of thioether (sulfide) groups is 1. The van der Waals surface area contributed by atoms with E-state index in [0.717, 1.165) is 27.8 Å². The molecular formula is C19H18N2O3S. The van der Waals surface area contributed by atoms with Crippen LogP contribution in [0.1, 0.15) is 18.1 Å². The minimum absolute atomic E-state index is 0.279. The number of rotatable bonds is 3. The maximum atomic E-state index is 12.9. The molecule has 0 aliphatic carbocycles. The Labute approximate surface area is 150 Å². The third-order valence-corrected chi connectivity index (χ3v) is 5.09. The van der Waals surface area contributed by atoms with Crippen LogP contribution in [0.3, 0.4) is 0 Å². The first kappa shape index (κ1) is 17.2. The van der Waals surface area contributed by atoms with E-state index >= 15 is 0 Å². The molecule has 1 aliphatic rings. The Balaban J connectivity index is 1.98. The number of carbonyl (C=O) groups is 3. The molecular weight excluding hydrogens is 336 g/mol. The highest BCUT2D eigenvalue weighted by Crippen LogP contribution is 2.36. The number of benzene rings is 2. The highest BCUT2D eigenvalue weighted by molar-refractivity contribution is 8.16. The van der Waals surface area contributed by atoms with Gasteiger partial charge in [0.05, 0.1) is 5.69 Å². The fourth-order valence-electron chi connectivity index (χ4n) is 2.78. The van der Waals surface area contributed by atoms with Crippen molar-refractivity contribution in [3.63, 3.8) is 0 Å². The van der Waals surface area contributed by atoms with Crippen LogP contribution in [0.2, 0.25) is 0 Å². The average molecular weight is 354 g/mol. The molecule has 0 spiro atoms. The van der Waals surface area contributed by atoms with Crippen molar-refractivity contribution in [2.45, 2.75) is 26.1 Å². The van der Waals surface area contributed by atoms with E-state index in [0.29, 0.717) is 11.4 Å². The van der Waals surface area contributed by atoms with Crippen LogP contribution in [0.15, 0.2) is 48.5 Å². The van der Waals surface area contributed by atoms with Gasteiger partial charge in [0, 0.05) is 12.6 Å². The van der Waals surface area contributed by atoms with Crippen LogP contribution in [-0.4, -0.2) is 22.4 Å². The smallest absolute Gasteiger partial charge is 0.290 e. The van der Waals surface area contributed by atoms with Crippen molar-refractivity contribution in [1.29, 1.82) is 0 Å². The summed E-state index contributed by atoms with van der Waals surface area (Å²) in [7, 11) is 0. The Hall–Kier alpha value is -2.60. The molecule has 0 aromatic heterocycles. The third-order valence-electron chi connectivity index (χ3n) is 4.07. The van der Waals surface area contributed by atoms with E-state index in [-0.39, 0.29) is 11.1 Å². The van der Waals surface area contributed by atoms with E-state index in [1.807, 2.05) is 44.2 Å². The van der Waals surface area contributed by atoms with Crippen LogP contribution in [0.5, 0.6) is 0 Å². The minimum Gasteiger partial charge on any atom is -0.290 e. The van der Waals surface area contributed by atoms with Gasteiger partial charge in [-0.25, -0.2) is 4.90 Å².